The molecule has 94 valence electrons. The largest absolute Gasteiger partial charge is 0.381 e. The molecular weight excluding hydrogens is 335 g/mol. The maximum Gasteiger partial charge on any atom is 0.112 e. The van der Waals surface area contributed by atoms with E-state index in [-0.39, 0.29) is 0 Å². The van der Waals surface area contributed by atoms with Crippen LogP contribution in [0.5, 0.6) is 0 Å². The van der Waals surface area contributed by atoms with Gasteiger partial charge in [0.2, 0.25) is 0 Å². The van der Waals surface area contributed by atoms with Crippen LogP contribution < -0.4 is 0 Å². The van der Waals surface area contributed by atoms with Crippen molar-refractivity contribution in [1.29, 1.82) is 0 Å². The van der Waals surface area contributed by atoms with E-state index in [4.69, 9.17) is 23.2 Å². The molecule has 0 fully saturated rings. The topological polar surface area (TPSA) is 20.2 Å². The van der Waals surface area contributed by atoms with Crippen LogP contribution in [0.2, 0.25) is 10.0 Å². The SMILES string of the molecule is CC(O)(c1ccc(Br)cc1)c1ccc(Cl)c(Cl)c1. The lowest BCUT2D eigenvalue weighted by Crippen LogP contribution is -2.22. The summed E-state index contributed by atoms with van der Waals surface area (Å²) in [4.78, 5) is 0. The standard InChI is InChI=1S/C14H11BrCl2O/c1-14(18,9-2-5-11(15)6-3-9)10-4-7-12(16)13(17)8-10/h2-8,18H,1H3. The third-order valence-electron chi connectivity index (χ3n) is 2.89. The number of halogens is 3. The van der Waals surface area contributed by atoms with Crippen molar-refractivity contribution in [3.05, 3.63) is 68.1 Å². The predicted octanol–water partition coefficient (Wildman–Crippen LogP) is 5.01. The molecule has 0 heterocycles. The number of hydrogen-bond donors (Lipinski definition) is 1. The van der Waals surface area contributed by atoms with Gasteiger partial charge in [-0.25, -0.2) is 0 Å². The molecular formula is C14H11BrCl2O. The predicted molar refractivity (Wildman–Crippen MR) is 79.3 cm³/mol. The van der Waals surface area contributed by atoms with Gasteiger partial charge in [-0.1, -0.05) is 57.3 Å². The monoisotopic (exact) mass is 344 g/mol. The number of benzene rings is 2. The maximum atomic E-state index is 10.6. The fraction of sp³-hybridized carbons (Fsp3) is 0.143. The van der Waals surface area contributed by atoms with E-state index in [1.54, 1.807) is 25.1 Å². The van der Waals surface area contributed by atoms with Gasteiger partial charge in [-0.05, 0) is 42.3 Å². The molecule has 0 spiro atoms. The summed E-state index contributed by atoms with van der Waals surface area (Å²) in [5.74, 6) is 0. The van der Waals surface area contributed by atoms with Crippen molar-refractivity contribution in [3.63, 3.8) is 0 Å². The first-order chi connectivity index (χ1) is 8.41. The van der Waals surface area contributed by atoms with Crippen LogP contribution in [0.15, 0.2) is 46.9 Å². The minimum absolute atomic E-state index is 0.437. The Bertz CT molecular complexity index is 565. The lowest BCUT2D eigenvalue weighted by molar-refractivity contribution is 0.102. The molecule has 4 heteroatoms. The molecule has 0 amide bonds. The Hall–Kier alpha value is -0.540. The van der Waals surface area contributed by atoms with Crippen LogP contribution in [-0.2, 0) is 5.60 Å². The Morgan fingerprint density at radius 3 is 2.06 bits per heavy atom. The fourth-order valence-electron chi connectivity index (χ4n) is 1.74. The number of aliphatic hydroxyl groups is 1. The highest BCUT2D eigenvalue weighted by Gasteiger charge is 2.26. The quantitative estimate of drug-likeness (QED) is 0.810. The lowest BCUT2D eigenvalue weighted by atomic mass is 9.88. The van der Waals surface area contributed by atoms with Crippen LogP contribution in [0, 0.1) is 0 Å². The van der Waals surface area contributed by atoms with Gasteiger partial charge < -0.3 is 5.11 Å². The van der Waals surface area contributed by atoms with Gasteiger partial charge in [-0.2, -0.15) is 0 Å². The molecule has 1 atom stereocenters. The highest BCUT2D eigenvalue weighted by atomic mass is 79.9. The first-order valence-electron chi connectivity index (χ1n) is 5.35. The summed E-state index contributed by atoms with van der Waals surface area (Å²) in [5, 5.41) is 11.6. The van der Waals surface area contributed by atoms with Gasteiger partial charge in [-0.15, -0.1) is 0 Å². The minimum Gasteiger partial charge on any atom is -0.381 e. The average molecular weight is 346 g/mol. The molecule has 0 bridgehead atoms. The number of hydrogen-bond acceptors (Lipinski definition) is 1. The van der Waals surface area contributed by atoms with Crippen molar-refractivity contribution in [1.82, 2.24) is 0 Å². The van der Waals surface area contributed by atoms with E-state index in [9.17, 15) is 5.11 Å². The van der Waals surface area contributed by atoms with Crippen LogP contribution in [0.1, 0.15) is 18.1 Å². The summed E-state index contributed by atoms with van der Waals surface area (Å²) in [6.45, 7) is 1.73. The Morgan fingerprint density at radius 2 is 1.50 bits per heavy atom. The molecule has 0 aromatic heterocycles. The summed E-state index contributed by atoms with van der Waals surface area (Å²) < 4.78 is 0.969. The van der Waals surface area contributed by atoms with Gasteiger partial charge in [0.25, 0.3) is 0 Å². The first-order valence-corrected chi connectivity index (χ1v) is 6.90. The van der Waals surface area contributed by atoms with Crippen LogP contribution >= 0.6 is 39.1 Å². The number of rotatable bonds is 2. The fourth-order valence-corrected chi connectivity index (χ4v) is 2.30. The maximum absolute atomic E-state index is 10.6. The molecule has 1 unspecified atom stereocenters. The zero-order valence-corrected chi connectivity index (χ0v) is 12.7. The van der Waals surface area contributed by atoms with Crippen LogP contribution in [0.25, 0.3) is 0 Å². The van der Waals surface area contributed by atoms with Gasteiger partial charge in [0.05, 0.1) is 10.0 Å². The average Bonchev–Trinajstić information content (AvgIpc) is 2.33. The van der Waals surface area contributed by atoms with Gasteiger partial charge in [0.15, 0.2) is 0 Å². The van der Waals surface area contributed by atoms with E-state index < -0.39 is 5.60 Å². The molecule has 2 aromatic rings. The van der Waals surface area contributed by atoms with E-state index in [0.29, 0.717) is 15.6 Å². The summed E-state index contributed by atoms with van der Waals surface area (Å²) in [6, 6.07) is 12.7. The summed E-state index contributed by atoms with van der Waals surface area (Å²) in [5.41, 5.74) is 0.401. The third-order valence-corrected chi connectivity index (χ3v) is 4.16. The van der Waals surface area contributed by atoms with Crippen molar-refractivity contribution < 1.29 is 5.11 Å². The van der Waals surface area contributed by atoms with Crippen molar-refractivity contribution in [2.75, 3.05) is 0 Å². The third kappa shape index (κ3) is 2.72. The molecule has 0 radical (unpaired) electrons. The van der Waals surface area contributed by atoms with Crippen molar-refractivity contribution in [2.24, 2.45) is 0 Å². The molecule has 1 nitrogen and oxygen atoms in total. The normalized spacial score (nSPS) is 14.3. The Morgan fingerprint density at radius 1 is 0.944 bits per heavy atom. The molecule has 2 aromatic carbocycles. The zero-order chi connectivity index (χ0) is 13.3. The highest BCUT2D eigenvalue weighted by molar-refractivity contribution is 9.10. The molecule has 0 saturated carbocycles. The molecule has 0 aliphatic heterocycles. The van der Waals surface area contributed by atoms with Crippen molar-refractivity contribution >= 4 is 39.1 Å². The van der Waals surface area contributed by atoms with Gasteiger partial charge in [0.1, 0.15) is 5.60 Å². The molecule has 0 saturated heterocycles. The first kappa shape index (κ1) is 13.9. The second kappa shape index (κ2) is 5.22. The molecule has 2 rings (SSSR count). The molecule has 0 aliphatic rings. The second-order valence-corrected chi connectivity index (χ2v) is 5.94. The van der Waals surface area contributed by atoms with Gasteiger partial charge in [0, 0.05) is 4.47 Å². The molecule has 18 heavy (non-hydrogen) atoms. The highest BCUT2D eigenvalue weighted by Crippen LogP contribution is 2.33. The van der Waals surface area contributed by atoms with Gasteiger partial charge >= 0.3 is 0 Å². The van der Waals surface area contributed by atoms with Crippen LogP contribution in [0.4, 0.5) is 0 Å². The zero-order valence-electron chi connectivity index (χ0n) is 9.62. The van der Waals surface area contributed by atoms with Crippen LogP contribution in [-0.4, -0.2) is 5.11 Å². The van der Waals surface area contributed by atoms with E-state index in [1.165, 1.54) is 0 Å². The van der Waals surface area contributed by atoms with Crippen molar-refractivity contribution in [3.8, 4) is 0 Å². The molecule has 1 N–H and O–H groups in total. The second-order valence-electron chi connectivity index (χ2n) is 4.21. The Labute approximate surface area is 124 Å². The van der Waals surface area contributed by atoms with E-state index in [2.05, 4.69) is 15.9 Å². The summed E-state index contributed by atoms with van der Waals surface area (Å²) in [6.07, 6.45) is 0. The van der Waals surface area contributed by atoms with E-state index in [1.807, 2.05) is 24.3 Å². The summed E-state index contributed by atoms with van der Waals surface area (Å²) >= 11 is 15.2. The van der Waals surface area contributed by atoms with E-state index in [0.717, 1.165) is 10.0 Å². The van der Waals surface area contributed by atoms with Gasteiger partial charge in [-0.3, -0.25) is 0 Å². The van der Waals surface area contributed by atoms with Crippen LogP contribution in [0.3, 0.4) is 0 Å². The van der Waals surface area contributed by atoms with Crippen molar-refractivity contribution in [2.45, 2.75) is 12.5 Å². The van der Waals surface area contributed by atoms with E-state index >= 15 is 0 Å². The Balaban J connectivity index is 2.46. The minimum atomic E-state index is -1.10. The Kier molecular flexibility index (Phi) is 4.02. The molecule has 0 aliphatic carbocycles. The smallest absolute Gasteiger partial charge is 0.112 e. The lowest BCUT2D eigenvalue weighted by Gasteiger charge is -2.25. The summed E-state index contributed by atoms with van der Waals surface area (Å²) in [7, 11) is 0.